The Hall–Kier alpha value is -1.66. The van der Waals surface area contributed by atoms with E-state index in [2.05, 4.69) is 0 Å². The van der Waals surface area contributed by atoms with Crippen LogP contribution in [0.4, 0.5) is 4.39 Å². The van der Waals surface area contributed by atoms with E-state index in [1.807, 2.05) is 27.7 Å². The number of hydrogen-bond acceptors (Lipinski definition) is 4. The molecule has 0 unspecified atom stereocenters. The molecule has 0 saturated carbocycles. The third-order valence-electron chi connectivity index (χ3n) is 4.24. The predicted octanol–water partition coefficient (Wildman–Crippen LogP) is 2.70. The van der Waals surface area contributed by atoms with Crippen molar-refractivity contribution in [1.82, 2.24) is 0 Å². The van der Waals surface area contributed by atoms with Crippen molar-refractivity contribution in [3.8, 4) is 0 Å². The van der Waals surface area contributed by atoms with Gasteiger partial charge in [-0.2, -0.15) is 0 Å². The minimum absolute atomic E-state index is 0.288. The summed E-state index contributed by atoms with van der Waals surface area (Å²) in [4.78, 5) is 11.5. The molecule has 1 saturated heterocycles. The van der Waals surface area contributed by atoms with E-state index in [0.29, 0.717) is 11.0 Å². The van der Waals surface area contributed by atoms with E-state index >= 15 is 0 Å². The van der Waals surface area contributed by atoms with Crippen LogP contribution in [0, 0.1) is 5.82 Å². The molecule has 124 valence electrons. The summed E-state index contributed by atoms with van der Waals surface area (Å²) in [6.45, 7) is 9.81. The summed E-state index contributed by atoms with van der Waals surface area (Å²) in [5, 5.41) is 0. The van der Waals surface area contributed by atoms with Crippen molar-refractivity contribution in [3.05, 3.63) is 35.7 Å². The molecule has 1 fully saturated rings. The van der Waals surface area contributed by atoms with Crippen molar-refractivity contribution in [2.45, 2.75) is 45.8 Å². The van der Waals surface area contributed by atoms with Gasteiger partial charge in [0, 0.05) is 6.08 Å². The number of rotatable bonds is 4. The van der Waals surface area contributed by atoms with E-state index in [1.54, 1.807) is 13.0 Å². The highest BCUT2D eigenvalue weighted by Crippen LogP contribution is 2.36. The normalized spacial score (nSPS) is 19.3. The largest absolute Gasteiger partial charge is 0.495 e. The highest BCUT2D eigenvalue weighted by Gasteiger charge is 2.52. The van der Waals surface area contributed by atoms with Crippen molar-refractivity contribution in [2.75, 3.05) is 6.61 Å². The molecule has 23 heavy (non-hydrogen) atoms. The summed E-state index contributed by atoms with van der Waals surface area (Å²) in [7, 11) is -0.623. The highest BCUT2D eigenvalue weighted by atomic mass is 19.1. The monoisotopic (exact) mass is 320 g/mol. The molecule has 0 N–H and O–H groups in total. The molecule has 0 radical (unpaired) electrons. The SMILES string of the molecule is CCOC(=O)/C=C/c1cc(F)ccc1B1OC(C)(C)C(C)(C)O1. The molecule has 0 aliphatic carbocycles. The first-order valence-corrected chi connectivity index (χ1v) is 7.66. The number of hydrogen-bond donors (Lipinski definition) is 0. The van der Waals surface area contributed by atoms with Crippen LogP contribution in [0.5, 0.6) is 0 Å². The van der Waals surface area contributed by atoms with Crippen molar-refractivity contribution in [1.29, 1.82) is 0 Å². The first kappa shape index (κ1) is 17.7. The maximum absolute atomic E-state index is 13.6. The Bertz CT molecular complexity index is 609. The minimum atomic E-state index is -0.623. The van der Waals surface area contributed by atoms with Gasteiger partial charge in [-0.3, -0.25) is 0 Å². The summed E-state index contributed by atoms with van der Waals surface area (Å²) in [6, 6.07) is 4.31. The number of carbonyl (C=O) groups is 1. The van der Waals surface area contributed by atoms with Crippen molar-refractivity contribution >= 4 is 24.6 Å². The van der Waals surface area contributed by atoms with Crippen LogP contribution < -0.4 is 5.46 Å². The summed E-state index contributed by atoms with van der Waals surface area (Å²) in [6.07, 6.45) is 2.79. The van der Waals surface area contributed by atoms with Gasteiger partial charge in [0.1, 0.15) is 5.82 Å². The van der Waals surface area contributed by atoms with Crippen molar-refractivity contribution < 1.29 is 23.2 Å². The van der Waals surface area contributed by atoms with Crippen LogP contribution in [-0.2, 0) is 18.8 Å². The number of esters is 1. The van der Waals surface area contributed by atoms with Gasteiger partial charge in [0.25, 0.3) is 0 Å². The summed E-state index contributed by atoms with van der Waals surface area (Å²) in [5.41, 5.74) is 0.213. The van der Waals surface area contributed by atoms with Crippen LogP contribution in [-0.4, -0.2) is 30.9 Å². The average molecular weight is 320 g/mol. The van der Waals surface area contributed by atoms with Gasteiger partial charge >= 0.3 is 13.1 Å². The predicted molar refractivity (Wildman–Crippen MR) is 87.8 cm³/mol. The molecule has 0 bridgehead atoms. The third kappa shape index (κ3) is 3.82. The number of benzene rings is 1. The molecule has 1 aromatic rings. The van der Waals surface area contributed by atoms with Gasteiger partial charge in [-0.15, -0.1) is 0 Å². The molecule has 0 atom stereocenters. The molecule has 0 amide bonds. The number of ether oxygens (including phenoxy) is 1. The summed E-state index contributed by atoms with van der Waals surface area (Å²) < 4.78 is 30.4. The van der Waals surface area contributed by atoms with E-state index in [0.717, 1.165) is 0 Å². The molecule has 6 heteroatoms. The second kappa shape index (κ2) is 6.45. The molecule has 1 aliphatic heterocycles. The van der Waals surface area contributed by atoms with Crippen molar-refractivity contribution in [2.24, 2.45) is 0 Å². The Morgan fingerprint density at radius 2 is 1.87 bits per heavy atom. The van der Waals surface area contributed by atoms with Gasteiger partial charge in [-0.05, 0) is 63.9 Å². The Balaban J connectivity index is 2.32. The fourth-order valence-electron chi connectivity index (χ4n) is 2.22. The molecular weight excluding hydrogens is 298 g/mol. The topological polar surface area (TPSA) is 44.8 Å². The van der Waals surface area contributed by atoms with E-state index in [9.17, 15) is 9.18 Å². The van der Waals surface area contributed by atoms with Gasteiger partial charge in [0.05, 0.1) is 17.8 Å². The van der Waals surface area contributed by atoms with Gasteiger partial charge in [0.15, 0.2) is 0 Å². The zero-order chi connectivity index (χ0) is 17.3. The quantitative estimate of drug-likeness (QED) is 0.486. The van der Waals surface area contributed by atoms with Crippen LogP contribution in [0.15, 0.2) is 24.3 Å². The lowest BCUT2D eigenvalue weighted by atomic mass is 9.76. The van der Waals surface area contributed by atoms with Crippen molar-refractivity contribution in [3.63, 3.8) is 0 Å². The van der Waals surface area contributed by atoms with E-state index in [4.69, 9.17) is 14.0 Å². The molecule has 2 rings (SSSR count). The Kier molecular flexibility index (Phi) is 4.97. The lowest BCUT2D eigenvalue weighted by molar-refractivity contribution is -0.137. The standard InChI is InChI=1S/C17H22BFO4/c1-6-21-15(20)10-7-12-11-13(19)8-9-14(12)18-22-16(2,3)17(4,5)23-18/h7-11H,6H2,1-5H3/b10-7+. The minimum Gasteiger partial charge on any atom is -0.463 e. The zero-order valence-corrected chi connectivity index (χ0v) is 14.2. The van der Waals surface area contributed by atoms with Crippen LogP contribution >= 0.6 is 0 Å². The highest BCUT2D eigenvalue weighted by molar-refractivity contribution is 6.63. The molecule has 0 aromatic heterocycles. The first-order chi connectivity index (χ1) is 10.7. The summed E-state index contributed by atoms with van der Waals surface area (Å²) in [5.74, 6) is -0.870. The fourth-order valence-corrected chi connectivity index (χ4v) is 2.22. The molecule has 1 aromatic carbocycles. The second-order valence-electron chi connectivity index (χ2n) is 6.45. The average Bonchev–Trinajstić information content (AvgIpc) is 2.65. The molecule has 0 spiro atoms. The molecule has 1 aliphatic rings. The lowest BCUT2D eigenvalue weighted by Crippen LogP contribution is -2.41. The van der Waals surface area contributed by atoms with E-state index < -0.39 is 30.1 Å². The zero-order valence-electron chi connectivity index (χ0n) is 14.2. The maximum atomic E-state index is 13.6. The lowest BCUT2D eigenvalue weighted by Gasteiger charge is -2.32. The second-order valence-corrected chi connectivity index (χ2v) is 6.45. The van der Waals surface area contributed by atoms with Gasteiger partial charge in [0.2, 0.25) is 0 Å². The Labute approximate surface area is 136 Å². The first-order valence-electron chi connectivity index (χ1n) is 7.66. The van der Waals surface area contributed by atoms with Crippen LogP contribution in [0.25, 0.3) is 6.08 Å². The van der Waals surface area contributed by atoms with Crippen LogP contribution in [0.1, 0.15) is 40.2 Å². The van der Waals surface area contributed by atoms with E-state index in [1.165, 1.54) is 24.3 Å². The van der Waals surface area contributed by atoms with Gasteiger partial charge < -0.3 is 14.0 Å². The van der Waals surface area contributed by atoms with Gasteiger partial charge in [-0.25, -0.2) is 9.18 Å². The Morgan fingerprint density at radius 3 is 2.43 bits per heavy atom. The van der Waals surface area contributed by atoms with E-state index in [-0.39, 0.29) is 6.61 Å². The van der Waals surface area contributed by atoms with Crippen LogP contribution in [0.2, 0.25) is 0 Å². The van der Waals surface area contributed by atoms with Gasteiger partial charge in [-0.1, -0.05) is 6.07 Å². The molecule has 4 nitrogen and oxygen atoms in total. The van der Waals surface area contributed by atoms with Crippen LogP contribution in [0.3, 0.4) is 0 Å². The fraction of sp³-hybridized carbons (Fsp3) is 0.471. The maximum Gasteiger partial charge on any atom is 0.495 e. The smallest absolute Gasteiger partial charge is 0.463 e. The number of halogens is 1. The Morgan fingerprint density at radius 1 is 1.26 bits per heavy atom. The number of carbonyl (C=O) groups excluding carboxylic acids is 1. The summed E-state index contributed by atoms with van der Waals surface area (Å²) >= 11 is 0. The molecule has 1 heterocycles. The third-order valence-corrected chi connectivity index (χ3v) is 4.24. The molecular formula is C17H22BFO4.